The fraction of sp³-hybridized carbons (Fsp3) is 0.190. The van der Waals surface area contributed by atoms with Gasteiger partial charge < -0.3 is 14.8 Å². The van der Waals surface area contributed by atoms with Crippen LogP contribution in [0.5, 0.6) is 17.5 Å². The number of rotatable bonds is 7. The van der Waals surface area contributed by atoms with Gasteiger partial charge in [-0.2, -0.15) is 0 Å². The van der Waals surface area contributed by atoms with Crippen molar-refractivity contribution in [2.24, 2.45) is 0 Å². The van der Waals surface area contributed by atoms with E-state index in [2.05, 4.69) is 15.3 Å². The predicted octanol–water partition coefficient (Wildman–Crippen LogP) is 4.13. The number of aromatic nitrogens is 2. The largest absolute Gasteiger partial charge is 0.475 e. The summed E-state index contributed by atoms with van der Waals surface area (Å²) >= 11 is 0. The van der Waals surface area contributed by atoms with Crippen molar-refractivity contribution >= 4 is 5.91 Å². The van der Waals surface area contributed by atoms with Crippen LogP contribution in [-0.4, -0.2) is 22.0 Å². The van der Waals surface area contributed by atoms with Crippen LogP contribution < -0.4 is 14.8 Å². The third-order valence-electron chi connectivity index (χ3n) is 3.62. The summed E-state index contributed by atoms with van der Waals surface area (Å²) < 4.78 is 24.1. The molecule has 28 heavy (non-hydrogen) atoms. The molecule has 0 saturated heterocycles. The zero-order valence-corrected chi connectivity index (χ0v) is 15.6. The summed E-state index contributed by atoms with van der Waals surface area (Å²) in [6, 6.07) is 12.6. The topological polar surface area (TPSA) is 73.3 Å². The molecule has 0 saturated carbocycles. The number of benzene rings is 1. The normalized spacial score (nSPS) is 10.6. The summed E-state index contributed by atoms with van der Waals surface area (Å²) in [4.78, 5) is 20.5. The van der Waals surface area contributed by atoms with E-state index in [1.54, 1.807) is 42.6 Å². The molecule has 1 N–H and O–H groups in total. The van der Waals surface area contributed by atoms with Crippen molar-refractivity contribution in [3.05, 3.63) is 77.9 Å². The molecule has 3 aromatic rings. The minimum Gasteiger partial charge on any atom is -0.475 e. The Balaban J connectivity index is 1.53. The van der Waals surface area contributed by atoms with Crippen LogP contribution in [0.4, 0.5) is 4.39 Å². The number of nitrogens with zero attached hydrogens (tertiary/aromatic N) is 2. The highest BCUT2D eigenvalue weighted by atomic mass is 19.1. The van der Waals surface area contributed by atoms with Crippen molar-refractivity contribution in [1.82, 2.24) is 15.3 Å². The average molecular weight is 381 g/mol. The van der Waals surface area contributed by atoms with Crippen LogP contribution in [0.15, 0.2) is 60.9 Å². The second-order valence-corrected chi connectivity index (χ2v) is 6.30. The smallest absolute Gasteiger partial charge is 0.253 e. The van der Waals surface area contributed by atoms with Gasteiger partial charge in [0.1, 0.15) is 11.6 Å². The van der Waals surface area contributed by atoms with Crippen molar-refractivity contribution in [3.63, 3.8) is 0 Å². The van der Waals surface area contributed by atoms with Crippen LogP contribution in [0, 0.1) is 5.82 Å². The maximum absolute atomic E-state index is 13.2. The highest BCUT2D eigenvalue weighted by Gasteiger charge is 2.08. The lowest BCUT2D eigenvalue weighted by Gasteiger charge is -2.09. The lowest BCUT2D eigenvalue weighted by atomic mass is 10.2. The van der Waals surface area contributed by atoms with E-state index in [0.29, 0.717) is 29.6 Å². The number of halogens is 1. The van der Waals surface area contributed by atoms with Crippen molar-refractivity contribution in [2.45, 2.75) is 26.5 Å². The zero-order chi connectivity index (χ0) is 19.9. The second-order valence-electron chi connectivity index (χ2n) is 6.30. The minimum atomic E-state index is -0.380. The van der Waals surface area contributed by atoms with Gasteiger partial charge in [0.05, 0.1) is 11.7 Å². The molecule has 2 heterocycles. The average Bonchev–Trinajstić information content (AvgIpc) is 2.67. The first-order valence-electron chi connectivity index (χ1n) is 8.79. The minimum absolute atomic E-state index is 0.0209. The van der Waals surface area contributed by atoms with Gasteiger partial charge in [0.2, 0.25) is 11.8 Å². The summed E-state index contributed by atoms with van der Waals surface area (Å²) in [6.07, 6.45) is 3.08. The van der Waals surface area contributed by atoms with Crippen LogP contribution in [0.25, 0.3) is 0 Å². The first-order valence-corrected chi connectivity index (χ1v) is 8.79. The third kappa shape index (κ3) is 5.51. The Kier molecular flexibility index (Phi) is 6.16. The highest BCUT2D eigenvalue weighted by Crippen LogP contribution is 2.20. The second kappa shape index (κ2) is 8.94. The van der Waals surface area contributed by atoms with Gasteiger partial charge in [0.15, 0.2) is 0 Å². The number of ether oxygens (including phenoxy) is 2. The summed E-state index contributed by atoms with van der Waals surface area (Å²) in [5, 5.41) is 2.80. The molecule has 2 aromatic heterocycles. The monoisotopic (exact) mass is 381 g/mol. The lowest BCUT2D eigenvalue weighted by molar-refractivity contribution is 0.0950. The van der Waals surface area contributed by atoms with E-state index in [1.165, 1.54) is 18.3 Å². The number of hydrogen-bond acceptors (Lipinski definition) is 5. The quantitative estimate of drug-likeness (QED) is 0.666. The first kappa shape index (κ1) is 19.3. The highest BCUT2D eigenvalue weighted by molar-refractivity contribution is 5.93. The maximum atomic E-state index is 13.2. The molecular weight excluding hydrogens is 361 g/mol. The number of carbonyl (C=O) groups is 1. The van der Waals surface area contributed by atoms with E-state index in [0.717, 1.165) is 5.56 Å². The van der Waals surface area contributed by atoms with Crippen LogP contribution in [-0.2, 0) is 6.54 Å². The van der Waals surface area contributed by atoms with E-state index in [-0.39, 0.29) is 17.8 Å². The van der Waals surface area contributed by atoms with Gasteiger partial charge in [-0.05, 0) is 37.6 Å². The molecule has 0 bridgehead atoms. The molecule has 6 nitrogen and oxygen atoms in total. The van der Waals surface area contributed by atoms with Crippen LogP contribution in [0.3, 0.4) is 0 Å². The Labute approximate surface area is 162 Å². The number of hydrogen-bond donors (Lipinski definition) is 1. The Bertz CT molecular complexity index is 928. The van der Waals surface area contributed by atoms with Crippen LogP contribution in [0.2, 0.25) is 0 Å². The number of carbonyl (C=O) groups excluding carboxylic acids is 1. The Morgan fingerprint density at radius 2 is 1.86 bits per heavy atom. The standard InChI is InChI=1S/C21H20FN3O3/c1-14(2)27-19-9-7-16(13-24-19)21(26)25-12-15-6-8-20(23-11-15)28-18-5-3-4-17(22)10-18/h3-11,13-14H,12H2,1-2H3,(H,25,26). The van der Waals surface area contributed by atoms with E-state index in [4.69, 9.17) is 9.47 Å². The van der Waals surface area contributed by atoms with Crippen molar-refractivity contribution in [1.29, 1.82) is 0 Å². The molecule has 0 fully saturated rings. The molecule has 0 atom stereocenters. The molecule has 0 unspecified atom stereocenters. The van der Waals surface area contributed by atoms with Gasteiger partial charge in [0.25, 0.3) is 5.91 Å². The van der Waals surface area contributed by atoms with E-state index in [1.807, 2.05) is 13.8 Å². The fourth-order valence-electron chi connectivity index (χ4n) is 2.34. The zero-order valence-electron chi connectivity index (χ0n) is 15.6. The molecule has 1 amide bonds. The summed E-state index contributed by atoms with van der Waals surface area (Å²) in [5.74, 6) is 0.556. The van der Waals surface area contributed by atoms with E-state index >= 15 is 0 Å². The Morgan fingerprint density at radius 3 is 2.50 bits per heavy atom. The summed E-state index contributed by atoms with van der Waals surface area (Å²) in [6.45, 7) is 4.12. The molecule has 0 spiro atoms. The van der Waals surface area contributed by atoms with Crippen molar-refractivity contribution in [2.75, 3.05) is 0 Å². The van der Waals surface area contributed by atoms with Crippen LogP contribution in [0.1, 0.15) is 29.8 Å². The number of amides is 1. The molecule has 0 aliphatic carbocycles. The molecule has 1 aromatic carbocycles. The van der Waals surface area contributed by atoms with Gasteiger partial charge in [-0.15, -0.1) is 0 Å². The van der Waals surface area contributed by atoms with Gasteiger partial charge in [-0.25, -0.2) is 14.4 Å². The lowest BCUT2D eigenvalue weighted by Crippen LogP contribution is -2.23. The van der Waals surface area contributed by atoms with Gasteiger partial charge in [-0.3, -0.25) is 4.79 Å². The third-order valence-corrected chi connectivity index (χ3v) is 3.62. The van der Waals surface area contributed by atoms with Gasteiger partial charge in [-0.1, -0.05) is 12.1 Å². The van der Waals surface area contributed by atoms with Gasteiger partial charge >= 0.3 is 0 Å². The summed E-state index contributed by atoms with van der Waals surface area (Å²) in [7, 11) is 0. The van der Waals surface area contributed by atoms with E-state index < -0.39 is 0 Å². The fourth-order valence-corrected chi connectivity index (χ4v) is 2.34. The molecule has 0 aliphatic rings. The summed E-state index contributed by atoms with van der Waals surface area (Å²) in [5.41, 5.74) is 1.24. The number of pyridine rings is 2. The van der Waals surface area contributed by atoms with Crippen molar-refractivity contribution in [3.8, 4) is 17.5 Å². The molecule has 0 radical (unpaired) electrons. The Morgan fingerprint density at radius 1 is 1.07 bits per heavy atom. The first-order chi connectivity index (χ1) is 13.5. The van der Waals surface area contributed by atoms with Crippen LogP contribution >= 0.6 is 0 Å². The van der Waals surface area contributed by atoms with Crippen molar-refractivity contribution < 1.29 is 18.7 Å². The predicted molar refractivity (Wildman–Crippen MR) is 102 cm³/mol. The maximum Gasteiger partial charge on any atom is 0.253 e. The molecule has 0 aliphatic heterocycles. The van der Waals surface area contributed by atoms with Gasteiger partial charge in [0, 0.05) is 37.1 Å². The molecular formula is C21H20FN3O3. The SMILES string of the molecule is CC(C)Oc1ccc(C(=O)NCc2ccc(Oc3cccc(F)c3)nc2)cn1. The molecule has 7 heteroatoms. The van der Waals surface area contributed by atoms with E-state index in [9.17, 15) is 9.18 Å². The molecule has 3 rings (SSSR count). The number of nitrogens with one attached hydrogen (secondary N) is 1. The molecule has 144 valence electrons. The Hall–Kier alpha value is -3.48.